The van der Waals surface area contributed by atoms with E-state index in [-0.39, 0.29) is 22.5 Å². The predicted octanol–water partition coefficient (Wildman–Crippen LogP) is 6.89. The fourth-order valence-electron chi connectivity index (χ4n) is 4.39. The molecular weight excluding hydrogens is 640 g/mol. The number of nitrogens with one attached hydrogen (secondary N) is 1. The molecule has 0 saturated carbocycles. The van der Waals surface area contributed by atoms with Gasteiger partial charge in [0.05, 0.1) is 22.7 Å². The Hall–Kier alpha value is -5.06. The van der Waals surface area contributed by atoms with Crippen LogP contribution in [0.2, 0.25) is 0 Å². The maximum atomic E-state index is 13.9. The van der Waals surface area contributed by atoms with E-state index in [1.54, 1.807) is 44.1 Å². The number of hydrogen-bond acceptors (Lipinski definition) is 7. The molecular formula is C29H23F6N7O3S. The number of amides is 3. The lowest BCUT2D eigenvalue weighted by Gasteiger charge is -2.23. The third-order valence-electron chi connectivity index (χ3n) is 6.56. The van der Waals surface area contributed by atoms with Crippen molar-refractivity contribution in [3.8, 4) is 22.8 Å². The monoisotopic (exact) mass is 663 g/mol. The summed E-state index contributed by atoms with van der Waals surface area (Å²) >= 11 is 0.842. The summed E-state index contributed by atoms with van der Waals surface area (Å²) in [4.78, 5) is 36.1. The topological polar surface area (TPSA) is 105 Å². The molecule has 4 aromatic rings. The van der Waals surface area contributed by atoms with E-state index in [0.29, 0.717) is 28.2 Å². The number of rotatable bonds is 6. The molecule has 3 amide bonds. The Bertz CT molecular complexity index is 1820. The number of ether oxygens (including phenoxy) is 1. The van der Waals surface area contributed by atoms with Gasteiger partial charge in [-0.3, -0.25) is 9.69 Å². The Balaban J connectivity index is 1.33. The highest BCUT2D eigenvalue weighted by Gasteiger charge is 2.40. The molecule has 0 unspecified atom stereocenters. The fourth-order valence-corrected chi connectivity index (χ4v) is 5.25. The van der Waals surface area contributed by atoms with Gasteiger partial charge in [0.15, 0.2) is 11.0 Å². The van der Waals surface area contributed by atoms with Crippen molar-refractivity contribution in [1.82, 2.24) is 14.8 Å². The Kier molecular flexibility index (Phi) is 8.70. The van der Waals surface area contributed by atoms with E-state index in [4.69, 9.17) is 0 Å². The molecule has 0 atom stereocenters. The molecule has 0 bridgehead atoms. The second kappa shape index (κ2) is 12.4. The quantitative estimate of drug-likeness (QED) is 0.224. The summed E-state index contributed by atoms with van der Waals surface area (Å²) in [5.41, 5.74) is 0.838. The van der Waals surface area contributed by atoms with Gasteiger partial charge in [0.2, 0.25) is 5.91 Å². The summed E-state index contributed by atoms with van der Waals surface area (Å²) in [6.07, 6.45) is -8.18. The average molecular weight is 664 g/mol. The highest BCUT2D eigenvalue weighted by Crippen LogP contribution is 2.41. The lowest BCUT2D eigenvalue weighted by molar-refractivity contribution is -0.274. The second-order valence-electron chi connectivity index (χ2n) is 10.0. The maximum absolute atomic E-state index is 13.9. The van der Waals surface area contributed by atoms with Gasteiger partial charge < -0.3 is 15.0 Å². The Morgan fingerprint density at radius 2 is 1.74 bits per heavy atom. The van der Waals surface area contributed by atoms with Gasteiger partial charge in [-0.1, -0.05) is 11.8 Å². The molecule has 0 radical (unpaired) electrons. The number of aliphatic imine (C=N–C) groups is 1. The number of urea groups is 1. The first kappa shape index (κ1) is 32.3. The molecule has 0 aliphatic carbocycles. The summed E-state index contributed by atoms with van der Waals surface area (Å²) in [5.74, 6) is -1.00. The van der Waals surface area contributed by atoms with Crippen molar-refractivity contribution in [2.45, 2.75) is 19.5 Å². The number of carbonyl (C=O) groups is 2. The molecule has 1 N–H and O–H groups in total. The van der Waals surface area contributed by atoms with Crippen LogP contribution in [0.5, 0.6) is 5.75 Å². The number of aryl methyl sites for hydroxylation is 1. The van der Waals surface area contributed by atoms with Crippen molar-refractivity contribution in [1.29, 1.82) is 0 Å². The van der Waals surface area contributed by atoms with Crippen molar-refractivity contribution < 1.29 is 40.7 Å². The Morgan fingerprint density at radius 3 is 2.37 bits per heavy atom. The molecule has 240 valence electrons. The Morgan fingerprint density at radius 1 is 1.02 bits per heavy atom. The van der Waals surface area contributed by atoms with E-state index in [2.05, 4.69) is 25.1 Å². The number of amidine groups is 1. The molecule has 10 nitrogen and oxygen atoms in total. The fraction of sp³-hybridized carbons (Fsp3) is 0.207. The number of alkyl halides is 6. The summed E-state index contributed by atoms with van der Waals surface area (Å²) in [7, 11) is 3.28. The van der Waals surface area contributed by atoms with Crippen LogP contribution in [0.3, 0.4) is 0 Å². The number of benzene rings is 3. The minimum atomic E-state index is -4.81. The van der Waals surface area contributed by atoms with Crippen LogP contribution in [-0.2, 0) is 11.0 Å². The van der Waals surface area contributed by atoms with Crippen LogP contribution in [0.4, 0.5) is 48.2 Å². The van der Waals surface area contributed by atoms with E-state index in [9.17, 15) is 35.9 Å². The van der Waals surface area contributed by atoms with Gasteiger partial charge in [0, 0.05) is 31.0 Å². The van der Waals surface area contributed by atoms with E-state index in [1.807, 2.05) is 0 Å². The van der Waals surface area contributed by atoms with Gasteiger partial charge >= 0.3 is 18.6 Å². The SMILES string of the molecule is Cc1cc(-n2cnc(-c3ccc(OC(F)(F)F)cc3)n2)ccc1NC(=O)/N=C1\SCC(=O)N1c1cc(N(C)C)ccc1C(F)(F)F. The van der Waals surface area contributed by atoms with Crippen LogP contribution in [0.1, 0.15) is 11.1 Å². The molecule has 1 aromatic heterocycles. The molecule has 5 rings (SSSR count). The van der Waals surface area contributed by atoms with Crippen molar-refractivity contribution in [3.63, 3.8) is 0 Å². The molecule has 1 aliphatic rings. The van der Waals surface area contributed by atoms with Gasteiger partial charge in [0.1, 0.15) is 12.1 Å². The van der Waals surface area contributed by atoms with Crippen molar-refractivity contribution in [2.75, 3.05) is 35.0 Å². The number of nitrogens with zero attached hydrogens (tertiary/aromatic N) is 6. The second-order valence-corrected chi connectivity index (χ2v) is 11.0. The van der Waals surface area contributed by atoms with E-state index in [1.165, 1.54) is 35.3 Å². The molecule has 0 spiro atoms. The van der Waals surface area contributed by atoms with Crippen molar-refractivity contribution in [2.24, 2.45) is 4.99 Å². The van der Waals surface area contributed by atoms with E-state index < -0.39 is 35.7 Å². The highest BCUT2D eigenvalue weighted by molar-refractivity contribution is 8.15. The highest BCUT2D eigenvalue weighted by atomic mass is 32.2. The molecule has 1 saturated heterocycles. The standard InChI is InChI=1S/C29H23F6N7O3S/c1-16-12-19(41-15-36-25(39-41)17-4-8-20(9-5-17)45-29(33,34)35)7-11-22(16)37-26(44)38-27-42(24(43)14-46-27)23-13-18(40(2)3)6-10-21(23)28(30,31)32/h4-13,15H,14H2,1-3H3,(H,37,44)/b38-27-. The smallest absolute Gasteiger partial charge is 0.406 e. The summed E-state index contributed by atoms with van der Waals surface area (Å²) in [6.45, 7) is 1.69. The molecule has 1 aliphatic heterocycles. The first-order valence-electron chi connectivity index (χ1n) is 13.2. The molecule has 46 heavy (non-hydrogen) atoms. The number of aromatic nitrogens is 3. The van der Waals surface area contributed by atoms with E-state index in [0.717, 1.165) is 34.9 Å². The van der Waals surface area contributed by atoms with Crippen LogP contribution in [0.15, 0.2) is 72.0 Å². The van der Waals surface area contributed by atoms with Crippen LogP contribution in [-0.4, -0.2) is 58.1 Å². The zero-order chi connectivity index (χ0) is 33.4. The van der Waals surface area contributed by atoms with Gasteiger partial charge in [-0.25, -0.2) is 14.5 Å². The molecule has 2 heterocycles. The van der Waals surface area contributed by atoms with E-state index >= 15 is 0 Å². The van der Waals surface area contributed by atoms with Crippen LogP contribution < -0.4 is 19.9 Å². The first-order valence-corrected chi connectivity index (χ1v) is 14.2. The van der Waals surface area contributed by atoms with Crippen molar-refractivity contribution >= 4 is 45.9 Å². The number of hydrogen-bond donors (Lipinski definition) is 1. The van der Waals surface area contributed by atoms with Gasteiger partial charge in [0.25, 0.3) is 0 Å². The minimum Gasteiger partial charge on any atom is -0.406 e. The van der Waals surface area contributed by atoms with Gasteiger partial charge in [-0.2, -0.15) is 18.2 Å². The number of carbonyl (C=O) groups excluding carboxylic acids is 2. The molecule has 1 fully saturated rings. The lowest BCUT2D eigenvalue weighted by Crippen LogP contribution is -2.32. The third kappa shape index (κ3) is 7.25. The molecule has 17 heteroatoms. The van der Waals surface area contributed by atoms with Gasteiger partial charge in [-0.05, 0) is 73.2 Å². The Labute approximate surface area is 261 Å². The minimum absolute atomic E-state index is 0.200. The van der Waals surface area contributed by atoms with Crippen molar-refractivity contribution in [3.05, 3.63) is 78.1 Å². The lowest BCUT2D eigenvalue weighted by atomic mass is 10.1. The summed E-state index contributed by atoms with van der Waals surface area (Å²) in [5, 5.41) is 6.73. The molecule has 3 aromatic carbocycles. The third-order valence-corrected chi connectivity index (χ3v) is 7.48. The number of anilines is 3. The summed E-state index contributed by atoms with van der Waals surface area (Å²) < 4.78 is 84.2. The predicted molar refractivity (Wildman–Crippen MR) is 160 cm³/mol. The number of thioether (sulfide) groups is 1. The van der Waals surface area contributed by atoms with Crippen LogP contribution in [0.25, 0.3) is 17.1 Å². The van der Waals surface area contributed by atoms with Crippen LogP contribution >= 0.6 is 11.8 Å². The van der Waals surface area contributed by atoms with Gasteiger partial charge in [-0.15, -0.1) is 18.3 Å². The largest absolute Gasteiger partial charge is 0.573 e. The maximum Gasteiger partial charge on any atom is 0.573 e. The average Bonchev–Trinajstić information content (AvgIpc) is 3.60. The first-order chi connectivity index (χ1) is 21.6. The zero-order valence-electron chi connectivity index (χ0n) is 24.1. The summed E-state index contributed by atoms with van der Waals surface area (Å²) in [6, 6.07) is 12.4. The van der Waals surface area contributed by atoms with Crippen LogP contribution in [0, 0.1) is 6.92 Å². The zero-order valence-corrected chi connectivity index (χ0v) is 25.0. The normalized spacial score (nSPS) is 14.6. The number of halogens is 6.